The Morgan fingerprint density at radius 3 is 2.62 bits per heavy atom. The van der Waals surface area contributed by atoms with Gasteiger partial charge in [-0.15, -0.1) is 0 Å². The summed E-state index contributed by atoms with van der Waals surface area (Å²) in [7, 11) is 0. The number of nitrogens with one attached hydrogen (secondary N) is 1. The van der Waals surface area contributed by atoms with Gasteiger partial charge < -0.3 is 9.80 Å². The summed E-state index contributed by atoms with van der Waals surface area (Å²) in [5.74, 6) is 0.202. The van der Waals surface area contributed by atoms with Crippen molar-refractivity contribution < 1.29 is 4.79 Å². The van der Waals surface area contributed by atoms with Crippen molar-refractivity contribution >= 4 is 5.91 Å². The number of hydrogen-bond acceptors (Lipinski definition) is 3. The lowest BCUT2D eigenvalue weighted by Crippen LogP contribution is -2.38. The molecule has 2 unspecified atom stereocenters. The predicted octanol–water partition coefficient (Wildman–Crippen LogP) is 2.16. The number of rotatable bonds is 6. The quantitative estimate of drug-likeness (QED) is 0.871. The van der Waals surface area contributed by atoms with Crippen molar-refractivity contribution in [1.29, 1.82) is 0 Å². The van der Waals surface area contributed by atoms with Crippen LogP contribution in [-0.2, 0) is 4.79 Å². The van der Waals surface area contributed by atoms with Gasteiger partial charge >= 0.3 is 0 Å². The van der Waals surface area contributed by atoms with E-state index in [2.05, 4.69) is 55.3 Å². The molecule has 4 heteroatoms. The lowest BCUT2D eigenvalue weighted by molar-refractivity contribution is -0.130. The first kappa shape index (κ1) is 16.0. The molecule has 1 amide bonds. The van der Waals surface area contributed by atoms with Gasteiger partial charge in [0, 0.05) is 13.1 Å². The van der Waals surface area contributed by atoms with Crippen molar-refractivity contribution in [3.05, 3.63) is 35.4 Å². The maximum atomic E-state index is 12.4. The van der Waals surface area contributed by atoms with E-state index in [0.717, 1.165) is 26.2 Å². The molecule has 1 N–H and O–H groups in total. The number of benzene rings is 1. The molecule has 1 aliphatic heterocycles. The van der Waals surface area contributed by atoms with Crippen molar-refractivity contribution in [2.24, 2.45) is 0 Å². The molecule has 0 aliphatic carbocycles. The molecule has 2 atom stereocenters. The summed E-state index contributed by atoms with van der Waals surface area (Å²) in [5, 5.41) is 3.41. The van der Waals surface area contributed by atoms with Gasteiger partial charge in [-0.1, -0.05) is 43.7 Å². The zero-order chi connectivity index (χ0) is 15.4. The summed E-state index contributed by atoms with van der Waals surface area (Å²) in [6.45, 7) is 12.1. The topological polar surface area (TPSA) is 35.6 Å². The molecule has 1 aliphatic rings. The van der Waals surface area contributed by atoms with Gasteiger partial charge in [0.2, 0.25) is 5.91 Å². The Morgan fingerprint density at radius 1 is 1.29 bits per heavy atom. The first-order chi connectivity index (χ1) is 10.1. The predicted molar refractivity (Wildman–Crippen MR) is 86.0 cm³/mol. The molecule has 4 nitrogen and oxygen atoms in total. The Balaban J connectivity index is 2.13. The zero-order valence-corrected chi connectivity index (χ0v) is 13.6. The standard InChI is InChI=1S/C17H27N3O/c1-5-19(6-2)10-11-20-16(18-14(4)17(20)21)15-9-7-8-13(3)12-15/h7-9,12,14,16,18H,5-6,10-11H2,1-4H3. The van der Waals surface area contributed by atoms with Gasteiger partial charge in [-0.3, -0.25) is 10.1 Å². The molecule has 0 spiro atoms. The van der Waals surface area contributed by atoms with Crippen LogP contribution >= 0.6 is 0 Å². The Hall–Kier alpha value is -1.39. The SMILES string of the molecule is CCN(CC)CCN1C(=O)C(C)NC1c1cccc(C)c1. The van der Waals surface area contributed by atoms with Crippen molar-refractivity contribution in [1.82, 2.24) is 15.1 Å². The highest BCUT2D eigenvalue weighted by atomic mass is 16.2. The molecule has 1 saturated heterocycles. The van der Waals surface area contributed by atoms with Gasteiger partial charge in [0.05, 0.1) is 6.04 Å². The van der Waals surface area contributed by atoms with Crippen LogP contribution in [0.25, 0.3) is 0 Å². The van der Waals surface area contributed by atoms with Gasteiger partial charge in [-0.2, -0.15) is 0 Å². The Kier molecular flexibility index (Phi) is 5.37. The van der Waals surface area contributed by atoms with E-state index in [0.29, 0.717) is 0 Å². The highest BCUT2D eigenvalue weighted by Gasteiger charge is 2.36. The molecule has 0 aromatic heterocycles. The lowest BCUT2D eigenvalue weighted by Gasteiger charge is -2.28. The van der Waals surface area contributed by atoms with Crippen LogP contribution in [0.3, 0.4) is 0 Å². The molecule has 0 saturated carbocycles. The van der Waals surface area contributed by atoms with Crippen LogP contribution in [0, 0.1) is 6.92 Å². The third-order valence-corrected chi connectivity index (χ3v) is 4.28. The van der Waals surface area contributed by atoms with Crippen molar-refractivity contribution in [3.8, 4) is 0 Å². The smallest absolute Gasteiger partial charge is 0.241 e. The Morgan fingerprint density at radius 2 is 2.00 bits per heavy atom. The number of likely N-dealkylation sites (N-methyl/N-ethyl adjacent to an activating group) is 1. The summed E-state index contributed by atoms with van der Waals surface area (Å²) < 4.78 is 0. The Labute approximate surface area is 128 Å². The fourth-order valence-electron chi connectivity index (χ4n) is 2.92. The summed E-state index contributed by atoms with van der Waals surface area (Å²) in [6.07, 6.45) is 0.00274. The van der Waals surface area contributed by atoms with Crippen LogP contribution in [0.1, 0.15) is 38.1 Å². The molecule has 1 aromatic carbocycles. The average molecular weight is 289 g/mol. The number of nitrogens with zero attached hydrogens (tertiary/aromatic N) is 2. The first-order valence-corrected chi connectivity index (χ1v) is 7.92. The van der Waals surface area contributed by atoms with Crippen LogP contribution in [-0.4, -0.2) is 47.9 Å². The van der Waals surface area contributed by atoms with Crippen LogP contribution in [0.2, 0.25) is 0 Å². The average Bonchev–Trinajstić information content (AvgIpc) is 2.76. The first-order valence-electron chi connectivity index (χ1n) is 7.92. The van der Waals surface area contributed by atoms with Crippen LogP contribution in [0.15, 0.2) is 24.3 Å². The van der Waals surface area contributed by atoms with Gasteiger partial charge in [0.25, 0.3) is 0 Å². The van der Waals surface area contributed by atoms with E-state index in [1.54, 1.807) is 0 Å². The van der Waals surface area contributed by atoms with E-state index in [9.17, 15) is 4.79 Å². The monoisotopic (exact) mass is 289 g/mol. The second-order valence-electron chi connectivity index (χ2n) is 5.76. The highest BCUT2D eigenvalue weighted by Crippen LogP contribution is 2.25. The fraction of sp³-hybridized carbons (Fsp3) is 0.588. The summed E-state index contributed by atoms with van der Waals surface area (Å²) in [4.78, 5) is 16.7. The molecule has 0 radical (unpaired) electrons. The number of amides is 1. The van der Waals surface area contributed by atoms with E-state index in [-0.39, 0.29) is 18.1 Å². The molecule has 2 rings (SSSR count). The number of hydrogen-bond donors (Lipinski definition) is 1. The minimum atomic E-state index is -0.104. The minimum Gasteiger partial charge on any atom is -0.320 e. The summed E-state index contributed by atoms with van der Waals surface area (Å²) in [6, 6.07) is 8.30. The summed E-state index contributed by atoms with van der Waals surface area (Å²) >= 11 is 0. The van der Waals surface area contributed by atoms with Crippen molar-refractivity contribution in [2.45, 2.75) is 39.9 Å². The van der Waals surface area contributed by atoms with Gasteiger partial charge in [-0.25, -0.2) is 0 Å². The van der Waals surface area contributed by atoms with Gasteiger partial charge in [0.1, 0.15) is 6.17 Å². The second-order valence-corrected chi connectivity index (χ2v) is 5.76. The van der Waals surface area contributed by atoms with Crippen LogP contribution in [0.4, 0.5) is 0 Å². The lowest BCUT2D eigenvalue weighted by atomic mass is 10.1. The minimum absolute atomic E-state index is 0.00274. The number of aryl methyl sites for hydroxylation is 1. The normalized spacial score (nSPS) is 22.3. The molecular formula is C17H27N3O. The molecule has 0 bridgehead atoms. The van der Waals surface area contributed by atoms with Crippen molar-refractivity contribution in [3.63, 3.8) is 0 Å². The van der Waals surface area contributed by atoms with Gasteiger partial charge in [0.15, 0.2) is 0 Å². The van der Waals surface area contributed by atoms with E-state index >= 15 is 0 Å². The van der Waals surface area contributed by atoms with Crippen molar-refractivity contribution in [2.75, 3.05) is 26.2 Å². The maximum Gasteiger partial charge on any atom is 0.241 e. The molecule has 21 heavy (non-hydrogen) atoms. The molecule has 1 aromatic rings. The van der Waals surface area contributed by atoms with Crippen LogP contribution in [0.5, 0.6) is 0 Å². The fourth-order valence-corrected chi connectivity index (χ4v) is 2.92. The van der Waals surface area contributed by atoms with E-state index in [1.807, 2.05) is 11.8 Å². The largest absolute Gasteiger partial charge is 0.320 e. The molecule has 1 heterocycles. The number of carbonyl (C=O) groups is 1. The molecule has 1 fully saturated rings. The Bertz CT molecular complexity index is 485. The second kappa shape index (κ2) is 7.05. The third-order valence-electron chi connectivity index (χ3n) is 4.28. The van der Waals surface area contributed by atoms with Crippen LogP contribution < -0.4 is 5.32 Å². The highest BCUT2D eigenvalue weighted by molar-refractivity contribution is 5.84. The third kappa shape index (κ3) is 3.63. The summed E-state index contributed by atoms with van der Waals surface area (Å²) in [5.41, 5.74) is 2.40. The van der Waals surface area contributed by atoms with Gasteiger partial charge in [-0.05, 0) is 32.5 Å². The molecular weight excluding hydrogens is 262 g/mol. The van der Waals surface area contributed by atoms with E-state index in [4.69, 9.17) is 0 Å². The van der Waals surface area contributed by atoms with E-state index < -0.39 is 0 Å². The van der Waals surface area contributed by atoms with E-state index in [1.165, 1.54) is 11.1 Å². The molecule has 116 valence electrons. The maximum absolute atomic E-state index is 12.4. The zero-order valence-electron chi connectivity index (χ0n) is 13.6. The number of carbonyl (C=O) groups excluding carboxylic acids is 1.